The van der Waals surface area contributed by atoms with Gasteiger partial charge in [-0.3, -0.25) is 5.32 Å². The molecule has 1 amide bonds. The molecule has 0 aliphatic heterocycles. The number of aromatic hydroxyl groups is 1. The fraction of sp³-hybridized carbons (Fsp3) is 0.286. The number of nitrogens with one attached hydrogen (secondary N) is 1. The van der Waals surface area contributed by atoms with E-state index in [1.807, 2.05) is 0 Å². The highest BCUT2D eigenvalue weighted by Crippen LogP contribution is 2.21. The van der Waals surface area contributed by atoms with Crippen molar-refractivity contribution in [2.45, 2.75) is 26.2 Å². The van der Waals surface area contributed by atoms with Gasteiger partial charge in [0.15, 0.2) is 0 Å². The second-order valence-electron chi connectivity index (χ2n) is 4.08. The van der Waals surface area contributed by atoms with E-state index in [1.54, 1.807) is 6.08 Å². The van der Waals surface area contributed by atoms with Crippen LogP contribution >= 0.6 is 0 Å². The fourth-order valence-corrected chi connectivity index (χ4v) is 1.43. The van der Waals surface area contributed by atoms with Gasteiger partial charge in [-0.05, 0) is 37.1 Å². The van der Waals surface area contributed by atoms with Crippen molar-refractivity contribution >= 4 is 17.7 Å². The number of unbranched alkanes of at least 4 members (excludes halogenated alkanes) is 2. The van der Waals surface area contributed by atoms with E-state index < -0.39 is 12.1 Å². The average molecular weight is 279 g/mol. The monoisotopic (exact) mass is 279 g/mol. The fourth-order valence-electron chi connectivity index (χ4n) is 1.43. The lowest BCUT2D eigenvalue weighted by molar-refractivity contribution is 0.0693. The molecule has 0 saturated heterocycles. The molecule has 0 aliphatic rings. The number of rotatable bonds is 6. The molecule has 0 atom stereocenters. The molecule has 0 fully saturated rings. The third-order valence-corrected chi connectivity index (χ3v) is 2.47. The highest BCUT2D eigenvalue weighted by molar-refractivity contribution is 5.94. The number of hydrogen-bond acceptors (Lipinski definition) is 4. The van der Waals surface area contributed by atoms with Crippen molar-refractivity contribution in [3.8, 4) is 5.75 Å². The van der Waals surface area contributed by atoms with Crippen molar-refractivity contribution in [3.05, 3.63) is 36.1 Å². The molecule has 0 heterocycles. The Bertz CT molecular complexity index is 510. The number of anilines is 1. The second-order valence-corrected chi connectivity index (χ2v) is 4.08. The number of carboxylic acid groups (broad SMARTS) is 1. The summed E-state index contributed by atoms with van der Waals surface area (Å²) in [5.74, 6) is -1.64. The Kier molecular flexibility index (Phi) is 6.09. The first-order chi connectivity index (χ1) is 9.54. The second kappa shape index (κ2) is 7.83. The van der Waals surface area contributed by atoms with E-state index in [4.69, 9.17) is 9.84 Å². The molecule has 3 N–H and O–H groups in total. The lowest BCUT2D eigenvalue weighted by Crippen LogP contribution is -2.11. The third kappa shape index (κ3) is 5.01. The highest BCUT2D eigenvalue weighted by Gasteiger charge is 2.11. The molecule has 20 heavy (non-hydrogen) atoms. The largest absolute Gasteiger partial charge is 0.507 e. The van der Waals surface area contributed by atoms with Gasteiger partial charge in [0, 0.05) is 5.69 Å². The van der Waals surface area contributed by atoms with Gasteiger partial charge in [-0.15, -0.1) is 0 Å². The molecule has 1 aromatic carbocycles. The summed E-state index contributed by atoms with van der Waals surface area (Å²) in [5, 5.41) is 20.5. The first kappa shape index (κ1) is 15.6. The van der Waals surface area contributed by atoms with E-state index in [-0.39, 0.29) is 17.0 Å². The normalized spacial score (nSPS) is 10.4. The standard InChI is InChI=1S/C14H17NO5/c1-2-3-4-5-8-20-14(19)15-10-6-7-12(16)11(9-10)13(17)18/h5-9,16H,2-4H2,1H3,(H,15,19)(H,17,18). The van der Waals surface area contributed by atoms with E-state index in [0.29, 0.717) is 0 Å². The zero-order valence-corrected chi connectivity index (χ0v) is 11.1. The van der Waals surface area contributed by atoms with Crippen LogP contribution in [-0.4, -0.2) is 22.3 Å². The maximum atomic E-state index is 11.4. The van der Waals surface area contributed by atoms with Crippen LogP contribution in [0.1, 0.15) is 36.5 Å². The number of ether oxygens (including phenoxy) is 1. The Morgan fingerprint density at radius 2 is 2.15 bits per heavy atom. The lowest BCUT2D eigenvalue weighted by Gasteiger charge is -2.06. The molecule has 0 aromatic heterocycles. The zero-order chi connectivity index (χ0) is 15.0. The lowest BCUT2D eigenvalue weighted by atomic mass is 10.2. The van der Waals surface area contributed by atoms with E-state index in [0.717, 1.165) is 25.3 Å². The van der Waals surface area contributed by atoms with Gasteiger partial charge in [0.05, 0.1) is 6.26 Å². The maximum Gasteiger partial charge on any atom is 0.416 e. The zero-order valence-electron chi connectivity index (χ0n) is 11.1. The minimum absolute atomic E-state index is 0.229. The summed E-state index contributed by atoms with van der Waals surface area (Å²) in [6.45, 7) is 2.06. The van der Waals surface area contributed by atoms with Crippen molar-refractivity contribution in [1.82, 2.24) is 0 Å². The van der Waals surface area contributed by atoms with E-state index >= 15 is 0 Å². The summed E-state index contributed by atoms with van der Waals surface area (Å²) < 4.78 is 4.78. The molecule has 0 unspecified atom stereocenters. The Morgan fingerprint density at radius 1 is 1.40 bits per heavy atom. The number of carbonyl (C=O) groups is 2. The van der Waals surface area contributed by atoms with Gasteiger partial charge >= 0.3 is 12.1 Å². The third-order valence-electron chi connectivity index (χ3n) is 2.47. The van der Waals surface area contributed by atoms with Crippen molar-refractivity contribution in [2.75, 3.05) is 5.32 Å². The van der Waals surface area contributed by atoms with Crippen LogP contribution in [0.4, 0.5) is 10.5 Å². The molecule has 108 valence electrons. The van der Waals surface area contributed by atoms with Gasteiger partial charge in [0.25, 0.3) is 0 Å². The number of amides is 1. The van der Waals surface area contributed by atoms with Crippen LogP contribution in [0.3, 0.4) is 0 Å². The number of carboxylic acids is 1. The number of hydrogen-bond donors (Lipinski definition) is 3. The molecule has 0 bridgehead atoms. The van der Waals surface area contributed by atoms with Crippen molar-refractivity contribution < 1.29 is 24.5 Å². The van der Waals surface area contributed by atoms with Crippen molar-refractivity contribution in [2.24, 2.45) is 0 Å². The molecule has 0 aliphatic carbocycles. The van der Waals surface area contributed by atoms with Gasteiger partial charge in [-0.25, -0.2) is 9.59 Å². The van der Waals surface area contributed by atoms with Crippen molar-refractivity contribution in [3.63, 3.8) is 0 Å². The van der Waals surface area contributed by atoms with Crippen LogP contribution in [0, 0.1) is 0 Å². The van der Waals surface area contributed by atoms with Gasteiger partial charge in [0.1, 0.15) is 11.3 Å². The van der Waals surface area contributed by atoms with E-state index in [9.17, 15) is 14.7 Å². The quantitative estimate of drug-likeness (QED) is 0.421. The summed E-state index contributed by atoms with van der Waals surface area (Å²) >= 11 is 0. The summed E-state index contributed by atoms with van der Waals surface area (Å²) in [7, 11) is 0. The molecule has 6 heteroatoms. The molecule has 0 saturated carbocycles. The molecule has 0 spiro atoms. The van der Waals surface area contributed by atoms with Gasteiger partial charge < -0.3 is 14.9 Å². The first-order valence-corrected chi connectivity index (χ1v) is 6.23. The molecule has 1 rings (SSSR count). The number of benzene rings is 1. The molecule has 0 radical (unpaired) electrons. The number of allylic oxidation sites excluding steroid dienone is 1. The Labute approximate surface area is 116 Å². The maximum absolute atomic E-state index is 11.4. The summed E-state index contributed by atoms with van der Waals surface area (Å²) in [4.78, 5) is 22.2. The van der Waals surface area contributed by atoms with Gasteiger partial charge in [-0.1, -0.05) is 13.3 Å². The Balaban J connectivity index is 2.56. The number of aromatic carboxylic acids is 1. The topological polar surface area (TPSA) is 95.9 Å². The van der Waals surface area contributed by atoms with Crippen LogP contribution in [0.5, 0.6) is 5.75 Å². The molecule has 6 nitrogen and oxygen atoms in total. The van der Waals surface area contributed by atoms with Crippen LogP contribution in [-0.2, 0) is 4.74 Å². The van der Waals surface area contributed by atoms with Crippen LogP contribution in [0.15, 0.2) is 30.5 Å². The SMILES string of the molecule is CCCCC=COC(=O)Nc1ccc(O)c(C(=O)O)c1. The van der Waals surface area contributed by atoms with Gasteiger partial charge in [-0.2, -0.15) is 0 Å². The first-order valence-electron chi connectivity index (χ1n) is 6.23. The van der Waals surface area contributed by atoms with E-state index in [2.05, 4.69) is 12.2 Å². The molecular weight excluding hydrogens is 262 g/mol. The average Bonchev–Trinajstić information content (AvgIpc) is 2.40. The summed E-state index contributed by atoms with van der Waals surface area (Å²) in [6, 6.07) is 3.72. The number of carbonyl (C=O) groups excluding carboxylic acids is 1. The number of phenols is 1. The minimum Gasteiger partial charge on any atom is -0.507 e. The van der Waals surface area contributed by atoms with E-state index in [1.165, 1.54) is 18.4 Å². The van der Waals surface area contributed by atoms with Crippen molar-refractivity contribution in [1.29, 1.82) is 0 Å². The predicted molar refractivity (Wildman–Crippen MR) is 73.8 cm³/mol. The van der Waals surface area contributed by atoms with Crippen LogP contribution in [0.2, 0.25) is 0 Å². The molecule has 1 aromatic rings. The predicted octanol–water partition coefficient (Wildman–Crippen LogP) is 3.34. The van der Waals surface area contributed by atoms with Gasteiger partial charge in [0.2, 0.25) is 0 Å². The molecular formula is C14H17NO5. The highest BCUT2D eigenvalue weighted by atomic mass is 16.5. The minimum atomic E-state index is -1.28. The van der Waals surface area contributed by atoms with Crippen LogP contribution in [0.25, 0.3) is 0 Å². The summed E-state index contributed by atoms with van der Waals surface area (Å²) in [5.41, 5.74) is -0.0616. The summed E-state index contributed by atoms with van der Waals surface area (Å²) in [6.07, 6.45) is 5.21. The Hall–Kier alpha value is -2.50. The van der Waals surface area contributed by atoms with Crippen LogP contribution < -0.4 is 5.32 Å². The smallest absolute Gasteiger partial charge is 0.416 e. The Morgan fingerprint density at radius 3 is 2.80 bits per heavy atom.